The first-order valence-electron chi connectivity index (χ1n) is 11.1. The molecule has 0 heterocycles. The molecule has 2 fully saturated rings. The lowest BCUT2D eigenvalue weighted by Gasteiger charge is -2.42. The standard InChI is InChI=1S/C24H35FO/c1-3-16-5-6-19-14-23(24(25)15-21(19)11-16)20-8-7-18-13-22(26-4-2)10-9-17(18)12-20/h14-18,20,22H,3-13H2,1-2H3. The van der Waals surface area contributed by atoms with Gasteiger partial charge in [-0.15, -0.1) is 0 Å². The lowest BCUT2D eigenvalue weighted by atomic mass is 9.65. The summed E-state index contributed by atoms with van der Waals surface area (Å²) in [5.41, 5.74) is 3.76. The van der Waals surface area contributed by atoms with Crippen molar-refractivity contribution in [3.8, 4) is 0 Å². The molecule has 1 aromatic rings. The fraction of sp³-hybridized carbons (Fsp3) is 0.750. The van der Waals surface area contributed by atoms with Crippen LogP contribution < -0.4 is 0 Å². The molecule has 0 bridgehead atoms. The van der Waals surface area contributed by atoms with Gasteiger partial charge >= 0.3 is 0 Å². The fourth-order valence-corrected chi connectivity index (χ4v) is 6.05. The molecule has 0 aromatic heterocycles. The van der Waals surface area contributed by atoms with E-state index in [0.717, 1.165) is 49.2 Å². The lowest BCUT2D eigenvalue weighted by Crippen LogP contribution is -2.34. The first-order valence-corrected chi connectivity index (χ1v) is 11.1. The van der Waals surface area contributed by atoms with E-state index in [2.05, 4.69) is 19.9 Å². The van der Waals surface area contributed by atoms with Crippen molar-refractivity contribution in [2.45, 2.75) is 90.1 Å². The van der Waals surface area contributed by atoms with E-state index in [1.165, 1.54) is 56.1 Å². The maximum Gasteiger partial charge on any atom is 0.126 e. The summed E-state index contributed by atoms with van der Waals surface area (Å²) in [5, 5.41) is 0. The fourth-order valence-electron chi connectivity index (χ4n) is 6.05. The van der Waals surface area contributed by atoms with Gasteiger partial charge in [0.05, 0.1) is 6.10 Å². The maximum absolute atomic E-state index is 15.0. The van der Waals surface area contributed by atoms with Crippen LogP contribution >= 0.6 is 0 Å². The van der Waals surface area contributed by atoms with Crippen molar-refractivity contribution in [3.05, 3.63) is 34.6 Å². The number of aryl methyl sites for hydroxylation is 1. The van der Waals surface area contributed by atoms with Gasteiger partial charge in [-0.25, -0.2) is 4.39 Å². The molecule has 5 atom stereocenters. The Kier molecular flexibility index (Phi) is 5.69. The molecule has 0 saturated heterocycles. The van der Waals surface area contributed by atoms with Gasteiger partial charge in [0, 0.05) is 6.61 Å². The van der Waals surface area contributed by atoms with Crippen LogP contribution in [0.3, 0.4) is 0 Å². The van der Waals surface area contributed by atoms with Crippen LogP contribution in [0, 0.1) is 23.6 Å². The molecular weight excluding hydrogens is 323 g/mol. The molecule has 1 aromatic carbocycles. The molecule has 5 unspecified atom stereocenters. The highest BCUT2D eigenvalue weighted by atomic mass is 19.1. The van der Waals surface area contributed by atoms with Crippen LogP contribution in [-0.2, 0) is 17.6 Å². The topological polar surface area (TPSA) is 9.23 Å². The van der Waals surface area contributed by atoms with Crippen LogP contribution in [0.1, 0.15) is 87.8 Å². The molecule has 0 amide bonds. The Hall–Kier alpha value is -0.890. The summed E-state index contributed by atoms with van der Waals surface area (Å²) in [4.78, 5) is 0. The summed E-state index contributed by atoms with van der Waals surface area (Å²) >= 11 is 0. The van der Waals surface area contributed by atoms with Crippen LogP contribution in [0.2, 0.25) is 0 Å². The van der Waals surface area contributed by atoms with E-state index in [-0.39, 0.29) is 5.82 Å². The highest BCUT2D eigenvalue weighted by Crippen LogP contribution is 2.47. The van der Waals surface area contributed by atoms with Crippen molar-refractivity contribution in [1.29, 1.82) is 0 Å². The molecule has 26 heavy (non-hydrogen) atoms. The minimum atomic E-state index is 0.0759. The molecule has 3 aliphatic rings. The van der Waals surface area contributed by atoms with Gasteiger partial charge in [-0.1, -0.05) is 19.4 Å². The number of rotatable bonds is 4. The van der Waals surface area contributed by atoms with Crippen LogP contribution in [-0.4, -0.2) is 12.7 Å². The van der Waals surface area contributed by atoms with E-state index in [4.69, 9.17) is 4.74 Å². The Morgan fingerprint density at radius 3 is 2.58 bits per heavy atom. The van der Waals surface area contributed by atoms with Crippen molar-refractivity contribution in [2.24, 2.45) is 17.8 Å². The van der Waals surface area contributed by atoms with Gasteiger partial charge in [0.2, 0.25) is 0 Å². The minimum Gasteiger partial charge on any atom is -0.378 e. The van der Waals surface area contributed by atoms with Crippen molar-refractivity contribution < 1.29 is 9.13 Å². The highest BCUT2D eigenvalue weighted by molar-refractivity contribution is 5.37. The zero-order valence-electron chi connectivity index (χ0n) is 16.6. The SMILES string of the molecule is CCOC1CCC2CC(c3cc4c(cc3F)CC(CC)CC4)CCC2C1. The van der Waals surface area contributed by atoms with Crippen LogP contribution in [0.4, 0.5) is 4.39 Å². The number of benzene rings is 1. The minimum absolute atomic E-state index is 0.0759. The van der Waals surface area contributed by atoms with E-state index < -0.39 is 0 Å². The third-order valence-electron chi connectivity index (χ3n) is 7.63. The zero-order chi connectivity index (χ0) is 18.1. The van der Waals surface area contributed by atoms with E-state index in [1.54, 1.807) is 0 Å². The molecule has 0 spiro atoms. The van der Waals surface area contributed by atoms with Gasteiger partial charge < -0.3 is 4.74 Å². The third kappa shape index (κ3) is 3.72. The molecule has 144 valence electrons. The molecule has 2 heteroatoms. The van der Waals surface area contributed by atoms with E-state index >= 15 is 0 Å². The molecule has 3 aliphatic carbocycles. The lowest BCUT2D eigenvalue weighted by molar-refractivity contribution is -0.00969. The van der Waals surface area contributed by atoms with E-state index in [0.29, 0.717) is 12.0 Å². The normalized spacial score (nSPS) is 34.2. The van der Waals surface area contributed by atoms with Gasteiger partial charge in [-0.2, -0.15) is 0 Å². The van der Waals surface area contributed by atoms with Crippen molar-refractivity contribution in [3.63, 3.8) is 0 Å². The van der Waals surface area contributed by atoms with Crippen LogP contribution in [0.15, 0.2) is 12.1 Å². The molecule has 2 saturated carbocycles. The average Bonchev–Trinajstić information content (AvgIpc) is 2.67. The summed E-state index contributed by atoms with van der Waals surface area (Å²) in [6.45, 7) is 5.20. The molecule has 4 rings (SSSR count). The van der Waals surface area contributed by atoms with Crippen molar-refractivity contribution >= 4 is 0 Å². The first kappa shape index (κ1) is 18.5. The third-order valence-corrected chi connectivity index (χ3v) is 7.63. The Morgan fingerprint density at radius 1 is 0.962 bits per heavy atom. The molecule has 0 N–H and O–H groups in total. The predicted molar refractivity (Wildman–Crippen MR) is 105 cm³/mol. The Bertz CT molecular complexity index is 625. The number of ether oxygens (including phenoxy) is 1. The number of fused-ring (bicyclic) bond motifs is 2. The smallest absolute Gasteiger partial charge is 0.126 e. The van der Waals surface area contributed by atoms with Gasteiger partial charge in [-0.05, 0) is 111 Å². The van der Waals surface area contributed by atoms with Gasteiger partial charge in [0.15, 0.2) is 0 Å². The summed E-state index contributed by atoms with van der Waals surface area (Å²) in [5.74, 6) is 2.86. The molecule has 0 radical (unpaired) electrons. The van der Waals surface area contributed by atoms with E-state index in [1.807, 2.05) is 6.07 Å². The van der Waals surface area contributed by atoms with Crippen LogP contribution in [0.5, 0.6) is 0 Å². The Labute approximate surface area is 158 Å². The summed E-state index contributed by atoms with van der Waals surface area (Å²) in [6, 6.07) is 4.15. The monoisotopic (exact) mass is 358 g/mol. The maximum atomic E-state index is 15.0. The van der Waals surface area contributed by atoms with Gasteiger partial charge in [-0.3, -0.25) is 0 Å². The van der Waals surface area contributed by atoms with Crippen molar-refractivity contribution in [2.75, 3.05) is 6.61 Å². The van der Waals surface area contributed by atoms with Gasteiger partial charge in [0.25, 0.3) is 0 Å². The van der Waals surface area contributed by atoms with E-state index in [9.17, 15) is 4.39 Å². The van der Waals surface area contributed by atoms with Crippen LogP contribution in [0.25, 0.3) is 0 Å². The highest BCUT2D eigenvalue weighted by Gasteiger charge is 2.37. The number of hydrogen-bond acceptors (Lipinski definition) is 1. The second-order valence-electron chi connectivity index (χ2n) is 9.08. The average molecular weight is 359 g/mol. The Balaban J connectivity index is 1.46. The predicted octanol–water partition coefficient (Wildman–Crippen LogP) is 6.43. The largest absolute Gasteiger partial charge is 0.378 e. The Morgan fingerprint density at radius 2 is 1.77 bits per heavy atom. The van der Waals surface area contributed by atoms with Gasteiger partial charge in [0.1, 0.15) is 5.82 Å². The summed E-state index contributed by atoms with van der Waals surface area (Å²) in [7, 11) is 0. The summed E-state index contributed by atoms with van der Waals surface area (Å²) < 4.78 is 20.8. The number of hydrogen-bond donors (Lipinski definition) is 0. The molecular formula is C24H35FO. The molecule has 0 aliphatic heterocycles. The summed E-state index contributed by atoms with van der Waals surface area (Å²) in [6.07, 6.45) is 12.5. The first-order chi connectivity index (χ1) is 12.7. The quantitative estimate of drug-likeness (QED) is 0.602. The number of halogens is 1. The zero-order valence-corrected chi connectivity index (χ0v) is 16.6. The molecule has 1 nitrogen and oxygen atoms in total. The second kappa shape index (κ2) is 8.00. The second-order valence-corrected chi connectivity index (χ2v) is 9.08. The van der Waals surface area contributed by atoms with Crippen molar-refractivity contribution in [1.82, 2.24) is 0 Å².